The van der Waals surface area contributed by atoms with Crippen LogP contribution in [0.3, 0.4) is 0 Å². The van der Waals surface area contributed by atoms with Crippen molar-refractivity contribution >= 4 is 33.3 Å². The average Bonchev–Trinajstić information content (AvgIpc) is 2.69. The van der Waals surface area contributed by atoms with Gasteiger partial charge in [-0.05, 0) is 31.5 Å². The van der Waals surface area contributed by atoms with Gasteiger partial charge >= 0.3 is 0 Å². The van der Waals surface area contributed by atoms with E-state index < -0.39 is 0 Å². The van der Waals surface area contributed by atoms with E-state index in [1.54, 1.807) is 29.8 Å². The van der Waals surface area contributed by atoms with Crippen LogP contribution in [0.1, 0.15) is 10.4 Å². The first kappa shape index (κ1) is 12.6. The molecule has 3 aromatic rings. The van der Waals surface area contributed by atoms with Crippen molar-refractivity contribution in [2.75, 3.05) is 0 Å². The van der Waals surface area contributed by atoms with E-state index >= 15 is 0 Å². The maximum Gasteiger partial charge on any atom is 0.137 e. The Hall–Kier alpha value is -1.46. The van der Waals surface area contributed by atoms with Gasteiger partial charge in [0.25, 0.3) is 0 Å². The Morgan fingerprint density at radius 1 is 1.16 bits per heavy atom. The van der Waals surface area contributed by atoms with Crippen molar-refractivity contribution in [1.29, 1.82) is 0 Å². The number of benzene rings is 1. The summed E-state index contributed by atoms with van der Waals surface area (Å²) in [6.45, 7) is 4.13. The van der Waals surface area contributed by atoms with Crippen molar-refractivity contribution in [3.8, 4) is 0 Å². The largest absolute Gasteiger partial charge is 0.229 e. The van der Waals surface area contributed by atoms with Crippen LogP contribution in [0.4, 0.5) is 4.39 Å². The quantitative estimate of drug-likeness (QED) is 0.645. The Labute approximate surface area is 118 Å². The second-order valence-electron chi connectivity index (χ2n) is 4.17. The zero-order chi connectivity index (χ0) is 13.4. The molecule has 0 saturated carbocycles. The van der Waals surface area contributed by atoms with Gasteiger partial charge in [-0.25, -0.2) is 14.4 Å². The van der Waals surface area contributed by atoms with Crippen molar-refractivity contribution in [2.45, 2.75) is 23.8 Å². The van der Waals surface area contributed by atoms with Crippen molar-refractivity contribution in [3.63, 3.8) is 0 Å². The highest BCUT2D eigenvalue weighted by Gasteiger charge is 2.14. The standard InChI is InChI=1S/C14H11FN2S2/c1-8-9(2)18-13-12(8)14(17-7-16-13)19-11-6-4-3-5-10(11)15/h3-7H,1-2H3. The number of rotatable bonds is 2. The Morgan fingerprint density at radius 2 is 1.95 bits per heavy atom. The van der Waals surface area contributed by atoms with Gasteiger partial charge in [-0.1, -0.05) is 23.9 Å². The molecule has 0 fully saturated rings. The summed E-state index contributed by atoms with van der Waals surface area (Å²) in [4.78, 5) is 11.4. The van der Waals surface area contributed by atoms with Gasteiger partial charge in [-0.15, -0.1) is 11.3 Å². The van der Waals surface area contributed by atoms with E-state index in [0.29, 0.717) is 4.90 Å². The minimum atomic E-state index is -0.219. The highest BCUT2D eigenvalue weighted by Crippen LogP contribution is 2.37. The first-order valence-corrected chi connectivity index (χ1v) is 7.43. The Bertz CT molecular complexity index is 752. The molecule has 3 rings (SSSR count). The van der Waals surface area contributed by atoms with E-state index in [0.717, 1.165) is 15.2 Å². The fraction of sp³-hybridized carbons (Fsp3) is 0.143. The molecule has 0 aliphatic rings. The maximum atomic E-state index is 13.7. The number of aryl methyl sites for hydroxylation is 2. The smallest absolute Gasteiger partial charge is 0.137 e. The summed E-state index contributed by atoms with van der Waals surface area (Å²) >= 11 is 3.00. The summed E-state index contributed by atoms with van der Waals surface area (Å²) in [5.74, 6) is -0.219. The molecular formula is C14H11FN2S2. The zero-order valence-electron chi connectivity index (χ0n) is 10.5. The summed E-state index contributed by atoms with van der Waals surface area (Å²) in [5, 5.41) is 1.86. The molecular weight excluding hydrogens is 279 g/mol. The third-order valence-corrected chi connectivity index (χ3v) is 5.14. The molecule has 2 aromatic heterocycles. The SMILES string of the molecule is Cc1sc2ncnc(Sc3ccccc3F)c2c1C. The fourth-order valence-electron chi connectivity index (χ4n) is 1.86. The lowest BCUT2D eigenvalue weighted by Gasteiger charge is -2.04. The second kappa shape index (κ2) is 4.90. The first-order valence-electron chi connectivity index (χ1n) is 5.80. The van der Waals surface area contributed by atoms with Crippen LogP contribution >= 0.6 is 23.1 Å². The summed E-state index contributed by atoms with van der Waals surface area (Å²) in [5.41, 5.74) is 1.18. The summed E-state index contributed by atoms with van der Waals surface area (Å²) in [7, 11) is 0. The van der Waals surface area contributed by atoms with Crippen LogP contribution < -0.4 is 0 Å². The van der Waals surface area contributed by atoms with Crippen LogP contribution in [-0.4, -0.2) is 9.97 Å². The van der Waals surface area contributed by atoms with Gasteiger partial charge in [-0.3, -0.25) is 0 Å². The number of halogens is 1. The first-order chi connectivity index (χ1) is 9.16. The molecule has 0 bridgehead atoms. The molecule has 96 valence electrons. The van der Waals surface area contributed by atoms with Crippen molar-refractivity contribution in [1.82, 2.24) is 9.97 Å². The number of thiophene rings is 1. The Balaban J connectivity index is 2.13. The summed E-state index contributed by atoms with van der Waals surface area (Å²) in [6, 6.07) is 6.75. The van der Waals surface area contributed by atoms with E-state index in [2.05, 4.69) is 23.8 Å². The van der Waals surface area contributed by atoms with Crippen molar-refractivity contribution < 1.29 is 4.39 Å². The van der Waals surface area contributed by atoms with E-state index in [1.165, 1.54) is 28.3 Å². The lowest BCUT2D eigenvalue weighted by Crippen LogP contribution is -1.87. The minimum absolute atomic E-state index is 0.219. The molecule has 0 aliphatic heterocycles. The lowest BCUT2D eigenvalue weighted by atomic mass is 10.2. The van der Waals surface area contributed by atoms with Gasteiger partial charge in [0.15, 0.2) is 0 Å². The number of fused-ring (bicyclic) bond motifs is 1. The third-order valence-electron chi connectivity index (χ3n) is 2.97. The molecule has 2 heterocycles. The molecule has 0 saturated heterocycles. The van der Waals surface area contributed by atoms with Gasteiger partial charge in [0.05, 0.1) is 0 Å². The van der Waals surface area contributed by atoms with E-state index in [4.69, 9.17) is 0 Å². The number of hydrogen-bond donors (Lipinski definition) is 0. The molecule has 1 aromatic carbocycles. The average molecular weight is 290 g/mol. The molecule has 2 nitrogen and oxygen atoms in total. The highest BCUT2D eigenvalue weighted by atomic mass is 32.2. The Kier molecular flexibility index (Phi) is 3.24. The molecule has 0 amide bonds. The predicted octanol–water partition coefficient (Wildman–Crippen LogP) is 4.60. The Morgan fingerprint density at radius 3 is 2.74 bits per heavy atom. The minimum Gasteiger partial charge on any atom is -0.229 e. The van der Waals surface area contributed by atoms with Crippen molar-refractivity contribution in [2.24, 2.45) is 0 Å². The topological polar surface area (TPSA) is 25.8 Å². The van der Waals surface area contributed by atoms with Gasteiger partial charge in [0.1, 0.15) is 22.0 Å². The van der Waals surface area contributed by atoms with Gasteiger partial charge in [0, 0.05) is 15.2 Å². The monoisotopic (exact) mass is 290 g/mol. The molecule has 0 spiro atoms. The van der Waals surface area contributed by atoms with Gasteiger partial charge < -0.3 is 0 Å². The molecule has 0 unspecified atom stereocenters. The second-order valence-corrected chi connectivity index (χ2v) is 6.41. The van der Waals surface area contributed by atoms with E-state index in [1.807, 2.05) is 6.07 Å². The summed E-state index contributed by atoms with van der Waals surface area (Å²) < 4.78 is 13.7. The molecule has 0 aliphatic carbocycles. The summed E-state index contributed by atoms with van der Waals surface area (Å²) in [6.07, 6.45) is 1.54. The lowest BCUT2D eigenvalue weighted by molar-refractivity contribution is 0.602. The van der Waals surface area contributed by atoms with Gasteiger partial charge in [0.2, 0.25) is 0 Å². The van der Waals surface area contributed by atoms with Gasteiger partial charge in [-0.2, -0.15) is 0 Å². The van der Waals surface area contributed by atoms with Crippen LogP contribution in [0.2, 0.25) is 0 Å². The molecule has 0 N–H and O–H groups in total. The van der Waals surface area contributed by atoms with Crippen LogP contribution in [0.5, 0.6) is 0 Å². The molecule has 5 heteroatoms. The van der Waals surface area contributed by atoms with E-state index in [-0.39, 0.29) is 5.82 Å². The van der Waals surface area contributed by atoms with Crippen LogP contribution in [0.15, 0.2) is 40.5 Å². The maximum absolute atomic E-state index is 13.7. The molecule has 0 radical (unpaired) electrons. The third kappa shape index (κ3) is 2.24. The molecule has 0 atom stereocenters. The van der Waals surface area contributed by atoms with Crippen molar-refractivity contribution in [3.05, 3.63) is 46.9 Å². The number of hydrogen-bond acceptors (Lipinski definition) is 4. The normalized spacial score (nSPS) is 11.1. The molecule has 19 heavy (non-hydrogen) atoms. The number of nitrogens with zero attached hydrogens (tertiary/aromatic N) is 2. The number of aromatic nitrogens is 2. The highest BCUT2D eigenvalue weighted by molar-refractivity contribution is 7.99. The van der Waals surface area contributed by atoms with E-state index in [9.17, 15) is 4.39 Å². The predicted molar refractivity (Wildman–Crippen MR) is 77.4 cm³/mol. The zero-order valence-corrected chi connectivity index (χ0v) is 12.1. The van der Waals surface area contributed by atoms with Crippen LogP contribution in [0.25, 0.3) is 10.2 Å². The van der Waals surface area contributed by atoms with Crippen LogP contribution in [0, 0.1) is 19.7 Å². The van der Waals surface area contributed by atoms with Crippen LogP contribution in [-0.2, 0) is 0 Å². The fourth-order valence-corrected chi connectivity index (χ4v) is 3.89.